The van der Waals surface area contributed by atoms with Gasteiger partial charge in [0.2, 0.25) is 5.91 Å². The highest BCUT2D eigenvalue weighted by Gasteiger charge is 2.19. The standard InChI is InChI=1S/C12H14BrNO4/c1-18-7-10(12(16)17)14-11(15)6-8-4-2-3-5-9(8)13/h2-5,10H,6-7H2,1H3,(H,14,15)(H,16,17). The van der Waals surface area contributed by atoms with Crippen molar-refractivity contribution in [3.63, 3.8) is 0 Å². The van der Waals surface area contributed by atoms with Gasteiger partial charge in [0.05, 0.1) is 13.0 Å². The van der Waals surface area contributed by atoms with Gasteiger partial charge in [-0.2, -0.15) is 0 Å². The first kappa shape index (κ1) is 14.7. The fourth-order valence-electron chi connectivity index (χ4n) is 1.40. The number of ether oxygens (including phenoxy) is 1. The minimum Gasteiger partial charge on any atom is -0.480 e. The van der Waals surface area contributed by atoms with Crippen molar-refractivity contribution in [2.24, 2.45) is 0 Å². The van der Waals surface area contributed by atoms with Crippen molar-refractivity contribution in [1.82, 2.24) is 5.32 Å². The summed E-state index contributed by atoms with van der Waals surface area (Å²) in [6.45, 7) is -0.0585. The van der Waals surface area contributed by atoms with Gasteiger partial charge in [-0.1, -0.05) is 34.1 Å². The summed E-state index contributed by atoms with van der Waals surface area (Å²) in [5.41, 5.74) is 0.802. The molecule has 1 atom stereocenters. The number of nitrogens with one attached hydrogen (secondary N) is 1. The second kappa shape index (κ2) is 7.13. The average molecular weight is 316 g/mol. The van der Waals surface area contributed by atoms with Crippen LogP contribution in [-0.4, -0.2) is 36.7 Å². The van der Waals surface area contributed by atoms with E-state index in [1.165, 1.54) is 7.11 Å². The van der Waals surface area contributed by atoms with Gasteiger partial charge in [-0.25, -0.2) is 4.79 Å². The summed E-state index contributed by atoms with van der Waals surface area (Å²) in [4.78, 5) is 22.5. The van der Waals surface area contributed by atoms with Crippen LogP contribution in [0.2, 0.25) is 0 Å². The lowest BCUT2D eigenvalue weighted by atomic mass is 10.1. The third-order valence-electron chi connectivity index (χ3n) is 2.28. The first-order chi connectivity index (χ1) is 8.54. The van der Waals surface area contributed by atoms with Crippen molar-refractivity contribution in [2.45, 2.75) is 12.5 Å². The molecule has 0 radical (unpaired) electrons. The van der Waals surface area contributed by atoms with Crippen LogP contribution in [0.3, 0.4) is 0 Å². The van der Waals surface area contributed by atoms with Crippen LogP contribution in [0.15, 0.2) is 28.7 Å². The molecule has 0 bridgehead atoms. The number of benzene rings is 1. The van der Waals surface area contributed by atoms with E-state index in [1.54, 1.807) is 6.07 Å². The third-order valence-corrected chi connectivity index (χ3v) is 3.05. The smallest absolute Gasteiger partial charge is 0.328 e. The Morgan fingerprint density at radius 2 is 2.11 bits per heavy atom. The van der Waals surface area contributed by atoms with Crippen LogP contribution >= 0.6 is 15.9 Å². The largest absolute Gasteiger partial charge is 0.480 e. The fourth-order valence-corrected chi connectivity index (χ4v) is 1.83. The molecule has 18 heavy (non-hydrogen) atoms. The number of carboxylic acid groups (broad SMARTS) is 1. The van der Waals surface area contributed by atoms with Gasteiger partial charge in [-0.05, 0) is 11.6 Å². The number of hydrogen-bond donors (Lipinski definition) is 2. The number of halogens is 1. The predicted molar refractivity (Wildman–Crippen MR) is 69.3 cm³/mol. The van der Waals surface area contributed by atoms with Gasteiger partial charge in [0.25, 0.3) is 0 Å². The summed E-state index contributed by atoms with van der Waals surface area (Å²) >= 11 is 3.33. The highest BCUT2D eigenvalue weighted by Crippen LogP contribution is 2.16. The number of rotatable bonds is 6. The van der Waals surface area contributed by atoms with Gasteiger partial charge < -0.3 is 15.2 Å². The molecule has 1 unspecified atom stereocenters. The molecule has 1 aromatic rings. The Kier molecular flexibility index (Phi) is 5.80. The van der Waals surface area contributed by atoms with Gasteiger partial charge in [-0.3, -0.25) is 4.79 Å². The van der Waals surface area contributed by atoms with Crippen LogP contribution in [0.5, 0.6) is 0 Å². The number of carbonyl (C=O) groups excluding carboxylic acids is 1. The van der Waals surface area contributed by atoms with Crippen LogP contribution in [0.1, 0.15) is 5.56 Å². The van der Waals surface area contributed by atoms with Crippen molar-refractivity contribution >= 4 is 27.8 Å². The lowest BCUT2D eigenvalue weighted by molar-refractivity contribution is -0.143. The Bertz CT molecular complexity index is 436. The maximum atomic E-state index is 11.7. The molecule has 0 aliphatic rings. The molecule has 5 nitrogen and oxygen atoms in total. The van der Waals surface area contributed by atoms with E-state index >= 15 is 0 Å². The lowest BCUT2D eigenvalue weighted by Crippen LogP contribution is -2.44. The lowest BCUT2D eigenvalue weighted by Gasteiger charge is -2.13. The summed E-state index contributed by atoms with van der Waals surface area (Å²) in [6.07, 6.45) is 0.120. The quantitative estimate of drug-likeness (QED) is 0.827. The van der Waals surface area contributed by atoms with E-state index < -0.39 is 12.0 Å². The van der Waals surface area contributed by atoms with Crippen LogP contribution in [-0.2, 0) is 20.7 Å². The van der Waals surface area contributed by atoms with Crippen LogP contribution in [0.25, 0.3) is 0 Å². The summed E-state index contributed by atoms with van der Waals surface area (Å²) in [7, 11) is 1.38. The molecule has 0 saturated carbocycles. The third kappa shape index (κ3) is 4.46. The van der Waals surface area contributed by atoms with E-state index in [2.05, 4.69) is 21.2 Å². The van der Waals surface area contributed by atoms with Crippen molar-refractivity contribution in [2.75, 3.05) is 13.7 Å². The minimum absolute atomic E-state index is 0.0585. The molecule has 0 heterocycles. The molecular weight excluding hydrogens is 302 g/mol. The average Bonchev–Trinajstić information content (AvgIpc) is 2.31. The van der Waals surface area contributed by atoms with E-state index in [9.17, 15) is 9.59 Å². The van der Waals surface area contributed by atoms with Gasteiger partial charge in [-0.15, -0.1) is 0 Å². The Balaban J connectivity index is 2.61. The van der Waals surface area contributed by atoms with Crippen molar-refractivity contribution < 1.29 is 19.4 Å². The number of carboxylic acids is 1. The Labute approximate surface area is 113 Å². The zero-order chi connectivity index (χ0) is 13.5. The molecule has 0 aliphatic carbocycles. The Morgan fingerprint density at radius 3 is 2.67 bits per heavy atom. The molecule has 1 amide bonds. The molecule has 1 aromatic carbocycles. The van der Waals surface area contributed by atoms with Gasteiger partial charge in [0.15, 0.2) is 6.04 Å². The van der Waals surface area contributed by atoms with E-state index in [0.717, 1.165) is 10.0 Å². The van der Waals surface area contributed by atoms with Crippen LogP contribution < -0.4 is 5.32 Å². The first-order valence-corrected chi connectivity index (χ1v) is 6.08. The SMILES string of the molecule is COCC(NC(=O)Cc1ccccc1Br)C(=O)O. The molecule has 98 valence electrons. The first-order valence-electron chi connectivity index (χ1n) is 5.29. The minimum atomic E-state index is -1.11. The molecule has 0 saturated heterocycles. The number of carbonyl (C=O) groups is 2. The number of hydrogen-bond acceptors (Lipinski definition) is 3. The topological polar surface area (TPSA) is 75.6 Å². The Hall–Kier alpha value is -1.40. The molecule has 0 aromatic heterocycles. The summed E-state index contributed by atoms with van der Waals surface area (Å²) in [5, 5.41) is 11.3. The molecule has 0 aliphatic heterocycles. The fraction of sp³-hybridized carbons (Fsp3) is 0.333. The molecule has 6 heteroatoms. The number of amides is 1. The van der Waals surface area contributed by atoms with Crippen molar-refractivity contribution in [1.29, 1.82) is 0 Å². The molecule has 2 N–H and O–H groups in total. The second-order valence-electron chi connectivity index (χ2n) is 3.68. The molecule has 0 spiro atoms. The van der Waals surface area contributed by atoms with Crippen molar-refractivity contribution in [3.8, 4) is 0 Å². The maximum Gasteiger partial charge on any atom is 0.328 e. The van der Waals surface area contributed by atoms with Gasteiger partial charge >= 0.3 is 5.97 Å². The number of methoxy groups -OCH3 is 1. The van der Waals surface area contributed by atoms with E-state index in [0.29, 0.717) is 0 Å². The zero-order valence-corrected chi connectivity index (χ0v) is 11.4. The summed E-state index contributed by atoms with van der Waals surface area (Å²) < 4.78 is 5.55. The highest BCUT2D eigenvalue weighted by molar-refractivity contribution is 9.10. The normalized spacial score (nSPS) is 11.9. The molecule has 1 rings (SSSR count). The number of aliphatic carboxylic acids is 1. The van der Waals surface area contributed by atoms with Gasteiger partial charge in [0, 0.05) is 11.6 Å². The zero-order valence-electron chi connectivity index (χ0n) is 9.85. The molecule has 0 fully saturated rings. The summed E-state index contributed by atoms with van der Waals surface area (Å²) in [6, 6.07) is 6.26. The van der Waals surface area contributed by atoms with E-state index in [4.69, 9.17) is 9.84 Å². The predicted octanol–water partition coefficient (Wildman–Crippen LogP) is 1.21. The molecular formula is C12H14BrNO4. The summed E-state index contributed by atoms with van der Waals surface area (Å²) in [5.74, 6) is -1.47. The Morgan fingerprint density at radius 1 is 1.44 bits per heavy atom. The highest BCUT2D eigenvalue weighted by atomic mass is 79.9. The van der Waals surface area contributed by atoms with Crippen molar-refractivity contribution in [3.05, 3.63) is 34.3 Å². The monoisotopic (exact) mass is 315 g/mol. The van der Waals surface area contributed by atoms with Crippen LogP contribution in [0, 0.1) is 0 Å². The van der Waals surface area contributed by atoms with Gasteiger partial charge in [0.1, 0.15) is 0 Å². The van der Waals surface area contributed by atoms with E-state index in [-0.39, 0.29) is 18.9 Å². The second-order valence-corrected chi connectivity index (χ2v) is 4.54. The maximum absolute atomic E-state index is 11.7. The van der Waals surface area contributed by atoms with Crippen LogP contribution in [0.4, 0.5) is 0 Å². The van der Waals surface area contributed by atoms with E-state index in [1.807, 2.05) is 18.2 Å².